The predicted octanol–water partition coefficient (Wildman–Crippen LogP) is 4.85. The molecule has 0 spiro atoms. The molecule has 0 aliphatic carbocycles. The van der Waals surface area contributed by atoms with Crippen molar-refractivity contribution in [3.05, 3.63) is 35.9 Å². The number of benzene rings is 1. The minimum atomic E-state index is -0.151. The van der Waals surface area contributed by atoms with Gasteiger partial charge in [0.25, 0.3) is 0 Å². The number of aryl methyl sites for hydroxylation is 1. The van der Waals surface area contributed by atoms with Crippen molar-refractivity contribution in [2.75, 3.05) is 0 Å². The summed E-state index contributed by atoms with van der Waals surface area (Å²) < 4.78 is 5.92. The summed E-state index contributed by atoms with van der Waals surface area (Å²) in [5.41, 5.74) is 2.32. The highest BCUT2D eigenvalue weighted by Crippen LogP contribution is 2.23. The quantitative estimate of drug-likeness (QED) is 0.705. The Hall–Kier alpha value is -1.24. The van der Waals surface area contributed by atoms with Crippen molar-refractivity contribution in [3.8, 4) is 5.75 Å². The van der Waals surface area contributed by atoms with Crippen LogP contribution in [0.4, 0.5) is 0 Å². The van der Waals surface area contributed by atoms with Crippen LogP contribution in [-0.2, 0) is 6.42 Å². The van der Waals surface area contributed by atoms with Crippen molar-refractivity contribution in [1.29, 1.82) is 0 Å². The minimum Gasteiger partial charge on any atom is -0.488 e. The van der Waals surface area contributed by atoms with Crippen LogP contribution in [0.25, 0.3) is 6.08 Å². The lowest BCUT2D eigenvalue weighted by atomic mass is 10.0. The molecule has 0 aromatic heterocycles. The van der Waals surface area contributed by atoms with E-state index in [1.54, 1.807) is 0 Å². The van der Waals surface area contributed by atoms with Crippen molar-refractivity contribution in [1.82, 2.24) is 0 Å². The van der Waals surface area contributed by atoms with Gasteiger partial charge in [0.15, 0.2) is 0 Å². The molecule has 0 N–H and O–H groups in total. The van der Waals surface area contributed by atoms with Gasteiger partial charge in [0.2, 0.25) is 0 Å². The maximum Gasteiger partial charge on any atom is 0.120 e. The number of hydrogen-bond donors (Lipinski definition) is 0. The van der Waals surface area contributed by atoms with Crippen LogP contribution in [-0.4, -0.2) is 5.60 Å². The Balaban J connectivity index is 2.92. The molecule has 0 fully saturated rings. The Morgan fingerprint density at radius 3 is 2.47 bits per heavy atom. The molecule has 1 aromatic carbocycles. The van der Waals surface area contributed by atoms with E-state index in [0.29, 0.717) is 0 Å². The Bertz CT molecular complexity index is 372. The third-order valence-corrected chi connectivity index (χ3v) is 2.47. The van der Waals surface area contributed by atoms with Crippen LogP contribution in [0.1, 0.15) is 51.7 Å². The Labute approximate surface area is 106 Å². The van der Waals surface area contributed by atoms with Crippen LogP contribution in [0, 0.1) is 0 Å². The molecule has 1 heteroatoms. The third kappa shape index (κ3) is 5.08. The summed E-state index contributed by atoms with van der Waals surface area (Å²) in [4.78, 5) is 0. The van der Waals surface area contributed by atoms with Crippen molar-refractivity contribution >= 4 is 6.08 Å². The fourth-order valence-corrected chi connectivity index (χ4v) is 1.74. The number of hydrogen-bond acceptors (Lipinski definition) is 1. The monoisotopic (exact) mass is 232 g/mol. The molecule has 0 radical (unpaired) electrons. The van der Waals surface area contributed by atoms with E-state index in [2.05, 4.69) is 46.4 Å². The molecule has 1 nitrogen and oxygen atoms in total. The summed E-state index contributed by atoms with van der Waals surface area (Å²) in [5, 5.41) is 0. The summed E-state index contributed by atoms with van der Waals surface area (Å²) >= 11 is 0. The zero-order chi connectivity index (χ0) is 12.9. The number of rotatable bonds is 5. The molecule has 0 heterocycles. The van der Waals surface area contributed by atoms with E-state index in [9.17, 15) is 0 Å². The molecule has 0 bridgehead atoms. The normalized spacial score (nSPS) is 11.3. The summed E-state index contributed by atoms with van der Waals surface area (Å²) in [5.74, 6) is 0.945. The van der Waals surface area contributed by atoms with Crippen LogP contribution in [0.3, 0.4) is 0 Å². The first kappa shape index (κ1) is 13.8. The van der Waals surface area contributed by atoms with Gasteiger partial charge < -0.3 is 4.74 Å². The van der Waals surface area contributed by atoms with Crippen LogP contribution in [0.5, 0.6) is 5.75 Å². The summed E-state index contributed by atoms with van der Waals surface area (Å²) in [6, 6.07) is 6.39. The first-order valence-corrected chi connectivity index (χ1v) is 6.40. The Morgan fingerprint density at radius 2 is 1.94 bits per heavy atom. The molecule has 94 valence electrons. The largest absolute Gasteiger partial charge is 0.488 e. The van der Waals surface area contributed by atoms with Crippen LogP contribution in [0.2, 0.25) is 0 Å². The molecule has 0 atom stereocenters. The van der Waals surface area contributed by atoms with Gasteiger partial charge in [-0.05, 0) is 56.9 Å². The van der Waals surface area contributed by atoms with Gasteiger partial charge in [0.1, 0.15) is 11.4 Å². The first-order valence-electron chi connectivity index (χ1n) is 6.40. The second kappa shape index (κ2) is 5.90. The molecular formula is C16H24O. The highest BCUT2D eigenvalue weighted by molar-refractivity contribution is 5.52. The average Bonchev–Trinajstić information content (AvgIpc) is 2.23. The van der Waals surface area contributed by atoms with Crippen molar-refractivity contribution in [3.63, 3.8) is 0 Å². The molecule has 0 amide bonds. The smallest absolute Gasteiger partial charge is 0.120 e. The zero-order valence-electron chi connectivity index (χ0n) is 11.5. The van der Waals surface area contributed by atoms with Gasteiger partial charge in [-0.25, -0.2) is 0 Å². The molecule has 17 heavy (non-hydrogen) atoms. The van der Waals surface area contributed by atoms with E-state index < -0.39 is 0 Å². The second-order valence-electron chi connectivity index (χ2n) is 5.43. The molecule has 0 aliphatic heterocycles. The van der Waals surface area contributed by atoms with E-state index in [0.717, 1.165) is 17.7 Å². The van der Waals surface area contributed by atoms with Gasteiger partial charge in [0.05, 0.1) is 0 Å². The van der Waals surface area contributed by atoms with E-state index in [-0.39, 0.29) is 5.60 Å². The maximum absolute atomic E-state index is 5.92. The summed E-state index contributed by atoms with van der Waals surface area (Å²) in [6.07, 6.45) is 5.42. The lowest BCUT2D eigenvalue weighted by molar-refractivity contribution is 0.131. The van der Waals surface area contributed by atoms with Crippen LogP contribution in [0.15, 0.2) is 24.8 Å². The lowest BCUT2D eigenvalue weighted by Crippen LogP contribution is -2.23. The Kier molecular flexibility index (Phi) is 4.80. The summed E-state index contributed by atoms with van der Waals surface area (Å²) in [6.45, 7) is 12.3. The minimum absolute atomic E-state index is 0.151. The van der Waals surface area contributed by atoms with Gasteiger partial charge in [-0.15, -0.1) is 0 Å². The van der Waals surface area contributed by atoms with E-state index in [4.69, 9.17) is 4.74 Å². The molecule has 1 aromatic rings. The topological polar surface area (TPSA) is 9.23 Å². The SMILES string of the molecule is C=Cc1cc(CCCC)cc(OC(C)(C)C)c1. The molecule has 0 saturated carbocycles. The average molecular weight is 232 g/mol. The lowest BCUT2D eigenvalue weighted by Gasteiger charge is -2.22. The van der Waals surface area contributed by atoms with E-state index in [1.165, 1.54) is 18.4 Å². The highest BCUT2D eigenvalue weighted by Gasteiger charge is 2.12. The van der Waals surface area contributed by atoms with Crippen molar-refractivity contribution in [2.24, 2.45) is 0 Å². The van der Waals surface area contributed by atoms with Crippen molar-refractivity contribution < 1.29 is 4.74 Å². The fraction of sp³-hybridized carbons (Fsp3) is 0.500. The van der Waals surface area contributed by atoms with Crippen molar-refractivity contribution in [2.45, 2.75) is 52.6 Å². The van der Waals surface area contributed by atoms with E-state index in [1.807, 2.05) is 12.1 Å². The number of ether oxygens (including phenoxy) is 1. The van der Waals surface area contributed by atoms with E-state index >= 15 is 0 Å². The first-order chi connectivity index (χ1) is 7.94. The maximum atomic E-state index is 5.92. The molecule has 1 rings (SSSR count). The molecule has 0 saturated heterocycles. The van der Waals surface area contributed by atoms with Gasteiger partial charge >= 0.3 is 0 Å². The fourth-order valence-electron chi connectivity index (χ4n) is 1.74. The van der Waals surface area contributed by atoms with Gasteiger partial charge in [0, 0.05) is 0 Å². The standard InChI is InChI=1S/C16H24O/c1-6-8-9-14-10-13(7-2)11-15(12-14)17-16(3,4)5/h7,10-12H,2,6,8-9H2,1,3-5H3. The van der Waals surface area contributed by atoms with Crippen LogP contribution >= 0.6 is 0 Å². The van der Waals surface area contributed by atoms with Crippen LogP contribution < -0.4 is 4.74 Å². The van der Waals surface area contributed by atoms with Gasteiger partial charge in [-0.3, -0.25) is 0 Å². The van der Waals surface area contributed by atoms with Gasteiger partial charge in [-0.2, -0.15) is 0 Å². The molecular weight excluding hydrogens is 208 g/mol. The number of unbranched alkanes of at least 4 members (excludes halogenated alkanes) is 1. The molecule has 0 aliphatic rings. The summed E-state index contributed by atoms with van der Waals surface area (Å²) in [7, 11) is 0. The molecule has 0 unspecified atom stereocenters. The Morgan fingerprint density at radius 1 is 1.24 bits per heavy atom. The highest BCUT2D eigenvalue weighted by atomic mass is 16.5. The predicted molar refractivity (Wildman–Crippen MR) is 75.5 cm³/mol. The van der Waals surface area contributed by atoms with Gasteiger partial charge in [-0.1, -0.05) is 32.1 Å². The zero-order valence-corrected chi connectivity index (χ0v) is 11.5. The second-order valence-corrected chi connectivity index (χ2v) is 5.43. The third-order valence-electron chi connectivity index (χ3n) is 2.47.